The first-order valence-electron chi connectivity index (χ1n) is 7.06. The molecule has 2 heterocycles. The first-order chi connectivity index (χ1) is 11.0. The number of thioether (sulfide) groups is 1. The lowest BCUT2D eigenvalue weighted by Gasteiger charge is -1.99. The van der Waals surface area contributed by atoms with Crippen LogP contribution in [0, 0.1) is 20.8 Å². The van der Waals surface area contributed by atoms with Crippen LogP contribution in [-0.2, 0) is 10.5 Å². The van der Waals surface area contributed by atoms with Crippen molar-refractivity contribution in [3.05, 3.63) is 35.0 Å². The van der Waals surface area contributed by atoms with Crippen molar-refractivity contribution in [1.29, 1.82) is 0 Å². The Hall–Kier alpha value is -1.93. The Morgan fingerprint density at radius 3 is 2.87 bits per heavy atom. The van der Waals surface area contributed by atoms with Gasteiger partial charge in [-0.15, -0.1) is 11.8 Å². The fraction of sp³-hybridized carbons (Fsp3) is 0.333. The summed E-state index contributed by atoms with van der Waals surface area (Å²) in [6, 6.07) is 4.18. The zero-order chi connectivity index (χ0) is 16.4. The number of nitrogens with one attached hydrogen (secondary N) is 1. The Morgan fingerprint density at radius 1 is 1.30 bits per heavy atom. The molecule has 3 rings (SSSR count). The summed E-state index contributed by atoms with van der Waals surface area (Å²) in [6.07, 6.45) is 0. The van der Waals surface area contributed by atoms with Crippen LogP contribution in [0.25, 0.3) is 10.2 Å². The largest absolute Gasteiger partial charge is 0.340 e. The highest BCUT2D eigenvalue weighted by molar-refractivity contribution is 7.99. The van der Waals surface area contributed by atoms with E-state index in [1.165, 1.54) is 28.7 Å². The van der Waals surface area contributed by atoms with Gasteiger partial charge >= 0.3 is 0 Å². The van der Waals surface area contributed by atoms with Gasteiger partial charge in [-0.05, 0) is 31.0 Å². The Labute approximate surface area is 141 Å². The molecule has 0 aliphatic rings. The Bertz CT molecular complexity index is 856. The summed E-state index contributed by atoms with van der Waals surface area (Å²) in [5, 5.41) is 7.28. The number of anilines is 1. The standard InChI is InChI=1S/C15H16N4O2S2/c1-8-4-9(2)14-11(5-8)23-15(18-14)17-13(20)7-22-6-12-16-10(3)21-19-12/h4-5H,6-7H2,1-3H3,(H,17,18,20). The first kappa shape index (κ1) is 15.9. The average Bonchev–Trinajstić information content (AvgIpc) is 3.05. The second kappa shape index (κ2) is 6.67. The molecule has 120 valence electrons. The number of carbonyl (C=O) groups excluding carboxylic acids is 1. The van der Waals surface area contributed by atoms with Crippen LogP contribution in [0.15, 0.2) is 16.7 Å². The Morgan fingerprint density at radius 2 is 2.13 bits per heavy atom. The fourth-order valence-corrected chi connectivity index (χ4v) is 3.93. The van der Waals surface area contributed by atoms with Crippen molar-refractivity contribution >= 4 is 44.4 Å². The van der Waals surface area contributed by atoms with Crippen molar-refractivity contribution in [2.75, 3.05) is 11.1 Å². The van der Waals surface area contributed by atoms with E-state index in [0.29, 0.717) is 28.4 Å². The summed E-state index contributed by atoms with van der Waals surface area (Å²) in [4.78, 5) is 20.6. The molecule has 0 aliphatic carbocycles. The van der Waals surface area contributed by atoms with E-state index in [0.717, 1.165) is 15.8 Å². The lowest BCUT2D eigenvalue weighted by atomic mass is 10.1. The number of aryl methyl sites for hydroxylation is 3. The van der Waals surface area contributed by atoms with Crippen LogP contribution in [0.1, 0.15) is 22.8 Å². The predicted octanol–water partition coefficient (Wildman–Crippen LogP) is 3.48. The van der Waals surface area contributed by atoms with Crippen LogP contribution >= 0.6 is 23.1 Å². The normalized spacial score (nSPS) is 11.1. The highest BCUT2D eigenvalue weighted by atomic mass is 32.2. The molecule has 1 aromatic carbocycles. The first-order valence-corrected chi connectivity index (χ1v) is 9.03. The number of amides is 1. The number of hydrogen-bond acceptors (Lipinski definition) is 7. The summed E-state index contributed by atoms with van der Waals surface area (Å²) >= 11 is 2.93. The van der Waals surface area contributed by atoms with Crippen molar-refractivity contribution in [3.8, 4) is 0 Å². The van der Waals surface area contributed by atoms with Gasteiger partial charge in [0.05, 0.1) is 21.7 Å². The molecule has 0 unspecified atom stereocenters. The fourth-order valence-electron chi connectivity index (χ4n) is 2.21. The average molecular weight is 348 g/mol. The van der Waals surface area contributed by atoms with E-state index in [4.69, 9.17) is 4.52 Å². The Kier molecular flexibility index (Phi) is 4.63. The van der Waals surface area contributed by atoms with Crippen molar-refractivity contribution < 1.29 is 9.32 Å². The van der Waals surface area contributed by atoms with Crippen LogP contribution in [0.2, 0.25) is 0 Å². The van der Waals surface area contributed by atoms with E-state index in [9.17, 15) is 4.79 Å². The van der Waals surface area contributed by atoms with Crippen LogP contribution in [0.4, 0.5) is 5.13 Å². The molecular weight excluding hydrogens is 332 g/mol. The third-order valence-electron chi connectivity index (χ3n) is 3.11. The van der Waals surface area contributed by atoms with E-state index in [2.05, 4.69) is 39.5 Å². The second-order valence-corrected chi connectivity index (χ2v) is 7.23. The van der Waals surface area contributed by atoms with E-state index < -0.39 is 0 Å². The van der Waals surface area contributed by atoms with Gasteiger partial charge in [-0.25, -0.2) is 4.98 Å². The lowest BCUT2D eigenvalue weighted by molar-refractivity contribution is -0.113. The number of rotatable bonds is 5. The summed E-state index contributed by atoms with van der Waals surface area (Å²) in [6.45, 7) is 5.83. The van der Waals surface area contributed by atoms with Gasteiger partial charge in [0.2, 0.25) is 11.8 Å². The van der Waals surface area contributed by atoms with Crippen LogP contribution in [0.5, 0.6) is 0 Å². The molecule has 0 saturated carbocycles. The minimum Gasteiger partial charge on any atom is -0.340 e. The van der Waals surface area contributed by atoms with Gasteiger partial charge in [-0.3, -0.25) is 4.79 Å². The number of aromatic nitrogens is 3. The van der Waals surface area contributed by atoms with Crippen LogP contribution in [0.3, 0.4) is 0 Å². The number of hydrogen-bond donors (Lipinski definition) is 1. The predicted molar refractivity (Wildman–Crippen MR) is 92.9 cm³/mol. The zero-order valence-corrected chi connectivity index (χ0v) is 14.7. The SMILES string of the molecule is Cc1cc(C)c2nc(NC(=O)CSCc3noc(C)n3)sc2c1. The summed E-state index contributed by atoms with van der Waals surface area (Å²) in [5.74, 6) is 1.92. The zero-order valence-electron chi connectivity index (χ0n) is 13.0. The molecule has 0 saturated heterocycles. The number of nitrogens with zero attached hydrogens (tertiary/aromatic N) is 3. The number of benzene rings is 1. The Balaban J connectivity index is 1.58. The molecule has 0 aliphatic heterocycles. The number of carbonyl (C=O) groups is 1. The monoisotopic (exact) mass is 348 g/mol. The van der Waals surface area contributed by atoms with Crippen LogP contribution in [-0.4, -0.2) is 26.8 Å². The third kappa shape index (κ3) is 3.89. The summed E-state index contributed by atoms with van der Waals surface area (Å²) < 4.78 is 5.98. The maximum atomic E-state index is 12.0. The van der Waals surface area contributed by atoms with Crippen molar-refractivity contribution in [2.24, 2.45) is 0 Å². The molecule has 1 amide bonds. The molecule has 3 aromatic rings. The summed E-state index contributed by atoms with van der Waals surface area (Å²) in [5.41, 5.74) is 3.27. The molecular formula is C15H16N4O2S2. The lowest BCUT2D eigenvalue weighted by Crippen LogP contribution is -2.14. The van der Waals surface area contributed by atoms with Crippen molar-refractivity contribution in [2.45, 2.75) is 26.5 Å². The second-order valence-electron chi connectivity index (χ2n) is 5.22. The molecule has 0 spiro atoms. The maximum absolute atomic E-state index is 12.0. The molecule has 0 radical (unpaired) electrons. The molecule has 6 nitrogen and oxygen atoms in total. The topological polar surface area (TPSA) is 80.9 Å². The molecule has 0 fully saturated rings. The van der Waals surface area contributed by atoms with E-state index in [1.54, 1.807) is 6.92 Å². The highest BCUT2D eigenvalue weighted by Crippen LogP contribution is 2.29. The van der Waals surface area contributed by atoms with Gasteiger partial charge in [-0.2, -0.15) is 4.98 Å². The van der Waals surface area contributed by atoms with Crippen LogP contribution < -0.4 is 5.32 Å². The van der Waals surface area contributed by atoms with Crippen molar-refractivity contribution in [3.63, 3.8) is 0 Å². The van der Waals surface area contributed by atoms with E-state index >= 15 is 0 Å². The molecule has 0 bridgehead atoms. The molecule has 2 aromatic heterocycles. The number of thiazole rings is 1. The van der Waals surface area contributed by atoms with Gasteiger partial charge < -0.3 is 9.84 Å². The quantitative estimate of drug-likeness (QED) is 0.760. The van der Waals surface area contributed by atoms with E-state index in [1.807, 2.05) is 6.92 Å². The minimum absolute atomic E-state index is 0.0800. The van der Waals surface area contributed by atoms with E-state index in [-0.39, 0.29) is 5.91 Å². The molecule has 0 atom stereocenters. The molecule has 8 heteroatoms. The summed E-state index contributed by atoms with van der Waals surface area (Å²) in [7, 11) is 0. The van der Waals surface area contributed by atoms with Gasteiger partial charge in [0.1, 0.15) is 0 Å². The minimum atomic E-state index is -0.0800. The maximum Gasteiger partial charge on any atom is 0.236 e. The van der Waals surface area contributed by atoms with Crippen molar-refractivity contribution in [1.82, 2.24) is 15.1 Å². The van der Waals surface area contributed by atoms with Gasteiger partial charge in [-0.1, -0.05) is 22.6 Å². The van der Waals surface area contributed by atoms with Gasteiger partial charge in [0.25, 0.3) is 0 Å². The van der Waals surface area contributed by atoms with Gasteiger partial charge in [0, 0.05) is 6.92 Å². The smallest absolute Gasteiger partial charge is 0.236 e. The molecule has 1 N–H and O–H groups in total. The highest BCUT2D eigenvalue weighted by Gasteiger charge is 2.11. The number of fused-ring (bicyclic) bond motifs is 1. The van der Waals surface area contributed by atoms with Gasteiger partial charge in [0.15, 0.2) is 11.0 Å². The molecule has 23 heavy (non-hydrogen) atoms. The third-order valence-corrected chi connectivity index (χ3v) is 4.96.